The summed E-state index contributed by atoms with van der Waals surface area (Å²) in [5.41, 5.74) is 5.12. The molecule has 1 fully saturated rings. The molecule has 10 nitrogen and oxygen atoms in total. The summed E-state index contributed by atoms with van der Waals surface area (Å²) in [4.78, 5) is 20.3. The summed E-state index contributed by atoms with van der Waals surface area (Å²) in [5.74, 6) is -1.45. The van der Waals surface area contributed by atoms with Crippen molar-refractivity contribution >= 4 is 21.4 Å². The number of likely N-dealkylation sites (N-methyl/N-ethyl adjacent to an activating group) is 1. The third kappa shape index (κ3) is 6.07. The molecule has 45 heavy (non-hydrogen) atoms. The molecule has 4 heterocycles. The van der Waals surface area contributed by atoms with Gasteiger partial charge in [0.15, 0.2) is 9.84 Å². The molecule has 2 aliphatic rings. The average Bonchev–Trinajstić information content (AvgIpc) is 3.48. The number of halogens is 4. The molecule has 2 aliphatic heterocycles. The summed E-state index contributed by atoms with van der Waals surface area (Å²) < 4.78 is 86.6. The van der Waals surface area contributed by atoms with Crippen molar-refractivity contribution < 1.29 is 35.2 Å². The minimum absolute atomic E-state index is 0.0372. The van der Waals surface area contributed by atoms with Gasteiger partial charge in [-0.15, -0.1) is 10.2 Å². The highest BCUT2D eigenvalue weighted by atomic mass is 32.2. The second-order valence-electron chi connectivity index (χ2n) is 11.3. The van der Waals surface area contributed by atoms with Gasteiger partial charge in [-0.1, -0.05) is 24.3 Å². The van der Waals surface area contributed by atoms with Crippen LogP contribution < -0.4 is 10.6 Å². The lowest BCUT2D eigenvalue weighted by atomic mass is 9.95. The first-order valence-corrected chi connectivity index (χ1v) is 15.7. The quantitative estimate of drug-likeness (QED) is 0.315. The van der Waals surface area contributed by atoms with Crippen LogP contribution in [0, 0.1) is 0 Å². The number of hydrogen-bond donors (Lipinski definition) is 1. The Hall–Kier alpha value is -4.21. The Kier molecular flexibility index (Phi) is 7.73. The number of anilines is 1. The second-order valence-corrected chi connectivity index (χ2v) is 13.3. The number of nitrogens with zero attached hydrogens (tertiary/aromatic N) is 5. The molecular weight excluding hydrogens is 616 g/mol. The highest BCUT2D eigenvalue weighted by Crippen LogP contribution is 2.38. The van der Waals surface area contributed by atoms with Gasteiger partial charge in [-0.3, -0.25) is 9.78 Å². The Morgan fingerprint density at radius 3 is 2.47 bits per heavy atom. The van der Waals surface area contributed by atoms with E-state index in [2.05, 4.69) is 15.2 Å². The van der Waals surface area contributed by atoms with Crippen LogP contribution in [0.5, 0.6) is 0 Å². The number of fused-ring (bicyclic) bond motifs is 1. The molecule has 236 valence electrons. The van der Waals surface area contributed by atoms with Gasteiger partial charge in [-0.2, -0.15) is 13.2 Å². The van der Waals surface area contributed by atoms with Crippen molar-refractivity contribution in [2.45, 2.75) is 42.2 Å². The van der Waals surface area contributed by atoms with Crippen LogP contribution in [0.3, 0.4) is 0 Å². The molecule has 1 amide bonds. The smallest absolute Gasteiger partial charge is 0.417 e. The van der Waals surface area contributed by atoms with E-state index in [1.165, 1.54) is 29.2 Å². The number of likely N-dealkylation sites (tertiary alicyclic amines) is 1. The molecule has 2 atom stereocenters. The summed E-state index contributed by atoms with van der Waals surface area (Å²) in [6, 6.07) is 11.7. The molecular formula is C30H28F4N6O4S. The number of amides is 1. The zero-order valence-electron chi connectivity index (χ0n) is 24.0. The van der Waals surface area contributed by atoms with Crippen molar-refractivity contribution in [3.8, 4) is 22.7 Å². The fourth-order valence-electron chi connectivity index (χ4n) is 5.61. The van der Waals surface area contributed by atoms with Gasteiger partial charge in [-0.25, -0.2) is 12.8 Å². The Morgan fingerprint density at radius 1 is 1.07 bits per heavy atom. The van der Waals surface area contributed by atoms with Crippen LogP contribution in [-0.4, -0.2) is 66.3 Å². The largest absolute Gasteiger partial charge is 0.417 e. The van der Waals surface area contributed by atoms with Crippen LogP contribution in [0.4, 0.5) is 23.2 Å². The van der Waals surface area contributed by atoms with Gasteiger partial charge in [0.05, 0.1) is 40.2 Å². The fraction of sp³-hybridized carbons (Fsp3) is 0.333. The topological polar surface area (TPSA) is 136 Å². The van der Waals surface area contributed by atoms with Gasteiger partial charge in [-0.05, 0) is 62.3 Å². The average molecular weight is 645 g/mol. The number of pyridine rings is 1. The maximum atomic E-state index is 15.7. The lowest BCUT2D eigenvalue weighted by Crippen LogP contribution is -2.45. The third-order valence-electron chi connectivity index (χ3n) is 7.94. The zero-order chi connectivity index (χ0) is 32.1. The van der Waals surface area contributed by atoms with Gasteiger partial charge >= 0.3 is 6.18 Å². The molecule has 0 aliphatic carbocycles. The minimum Gasteiger partial charge on any atom is -0.417 e. The molecule has 15 heteroatoms. The van der Waals surface area contributed by atoms with Crippen LogP contribution in [0.1, 0.15) is 29.9 Å². The van der Waals surface area contributed by atoms with E-state index >= 15 is 4.39 Å². The highest BCUT2D eigenvalue weighted by Gasteiger charge is 2.42. The number of alkyl halides is 4. The number of benzene rings is 2. The van der Waals surface area contributed by atoms with E-state index < -0.39 is 44.9 Å². The molecule has 0 saturated carbocycles. The summed E-state index contributed by atoms with van der Waals surface area (Å²) in [6.07, 6.45) is -2.92. The molecule has 0 bridgehead atoms. The molecule has 6 rings (SSSR count). The second kappa shape index (κ2) is 11.3. The minimum atomic E-state index is -4.51. The predicted molar refractivity (Wildman–Crippen MR) is 155 cm³/mol. The van der Waals surface area contributed by atoms with Crippen molar-refractivity contribution in [2.24, 2.45) is 5.73 Å². The number of rotatable bonds is 5. The molecule has 2 aromatic heterocycles. The van der Waals surface area contributed by atoms with Gasteiger partial charge in [0.2, 0.25) is 17.5 Å². The number of piperidine rings is 1. The highest BCUT2D eigenvalue weighted by molar-refractivity contribution is 7.91. The van der Waals surface area contributed by atoms with E-state index in [4.69, 9.17) is 10.2 Å². The maximum Gasteiger partial charge on any atom is 0.417 e. The van der Waals surface area contributed by atoms with E-state index in [1.54, 1.807) is 31.3 Å². The number of carbonyl (C=O) groups is 1. The van der Waals surface area contributed by atoms with Crippen LogP contribution in [0.15, 0.2) is 70.1 Å². The number of aromatic nitrogens is 3. The molecule has 1 unspecified atom stereocenters. The standard InChI is InChI=1S/C30H28F4N6O4S/c1-39-12-2-11-29(31,17-39)28-38-37-26(44-28)20-7-10-25-24(13-20)40(27(41)22(35)16-45(25,42)43)15-18-3-5-19(6-4-18)23-9-8-21(14-36-23)30(32,33)34/h3-10,13-14,22H,2,11-12,15-17,35H2,1H3/t22-,29?/m0/s1. The number of hydrogen-bond acceptors (Lipinski definition) is 9. The van der Waals surface area contributed by atoms with Gasteiger partial charge < -0.3 is 20.0 Å². The molecule has 1 saturated heterocycles. The van der Waals surface area contributed by atoms with Crippen LogP contribution in [0.2, 0.25) is 0 Å². The van der Waals surface area contributed by atoms with Gasteiger partial charge in [0.1, 0.15) is 0 Å². The molecule has 0 radical (unpaired) electrons. The van der Waals surface area contributed by atoms with Crippen molar-refractivity contribution in [1.82, 2.24) is 20.1 Å². The first-order valence-electron chi connectivity index (χ1n) is 14.0. The molecule has 4 aromatic rings. The number of nitrogens with two attached hydrogens (primary N) is 1. The lowest BCUT2D eigenvalue weighted by Gasteiger charge is -2.32. The van der Waals surface area contributed by atoms with Crippen molar-refractivity contribution in [2.75, 3.05) is 30.8 Å². The SMILES string of the molecule is CN1CCCC(F)(c2nnc(-c3ccc4c(c3)N(Cc3ccc(-c5ccc(C(F)(F)F)cn5)cc3)C(=O)[C@@H](N)CS4(=O)=O)o2)C1. The van der Waals surface area contributed by atoms with Crippen molar-refractivity contribution in [3.63, 3.8) is 0 Å². The van der Waals surface area contributed by atoms with E-state index in [-0.39, 0.29) is 47.4 Å². The zero-order valence-corrected chi connectivity index (χ0v) is 24.8. The van der Waals surface area contributed by atoms with Crippen molar-refractivity contribution in [1.29, 1.82) is 0 Å². The van der Waals surface area contributed by atoms with E-state index in [0.717, 1.165) is 18.8 Å². The summed E-state index contributed by atoms with van der Waals surface area (Å²) in [6.45, 7) is 0.756. The molecule has 0 spiro atoms. The van der Waals surface area contributed by atoms with Crippen molar-refractivity contribution in [3.05, 3.63) is 77.8 Å². The van der Waals surface area contributed by atoms with Crippen LogP contribution in [-0.2, 0) is 33.0 Å². The summed E-state index contributed by atoms with van der Waals surface area (Å²) in [7, 11) is -2.18. The Balaban J connectivity index is 1.32. The fourth-order valence-corrected chi connectivity index (χ4v) is 7.17. The van der Waals surface area contributed by atoms with Crippen LogP contribution >= 0.6 is 0 Å². The molecule has 2 aromatic carbocycles. The maximum absolute atomic E-state index is 15.7. The predicted octanol–water partition coefficient (Wildman–Crippen LogP) is 4.36. The Labute approximate surface area is 255 Å². The normalized spacial score (nSPS) is 22.2. The summed E-state index contributed by atoms with van der Waals surface area (Å²) >= 11 is 0. The number of sulfone groups is 1. The lowest BCUT2D eigenvalue weighted by molar-refractivity contribution is -0.137. The first-order chi connectivity index (χ1) is 21.2. The van der Waals surface area contributed by atoms with E-state index in [9.17, 15) is 26.4 Å². The molecule has 2 N–H and O–H groups in total. The monoisotopic (exact) mass is 644 g/mol. The van der Waals surface area contributed by atoms with E-state index in [1.807, 2.05) is 4.90 Å². The first kappa shape index (κ1) is 30.8. The Bertz CT molecular complexity index is 1850. The van der Waals surface area contributed by atoms with E-state index in [0.29, 0.717) is 23.2 Å². The van der Waals surface area contributed by atoms with Crippen LogP contribution in [0.25, 0.3) is 22.7 Å². The van der Waals surface area contributed by atoms with Gasteiger partial charge in [0.25, 0.3) is 5.89 Å². The Morgan fingerprint density at radius 2 is 1.80 bits per heavy atom. The summed E-state index contributed by atoms with van der Waals surface area (Å²) in [5, 5.41) is 7.97. The third-order valence-corrected chi connectivity index (χ3v) is 9.75. The van der Waals surface area contributed by atoms with Gasteiger partial charge in [0, 0.05) is 23.9 Å². The number of carbonyl (C=O) groups excluding carboxylic acids is 1.